The van der Waals surface area contributed by atoms with Gasteiger partial charge in [0.15, 0.2) is 5.82 Å². The minimum Gasteiger partial charge on any atom is -0.437 e. The van der Waals surface area contributed by atoms with Gasteiger partial charge in [-0.25, -0.2) is 15.0 Å². The Balaban J connectivity index is 1.37. The number of benzene rings is 4. The highest BCUT2D eigenvalue weighted by atomic mass is 19.1. The van der Waals surface area contributed by atoms with Crippen LogP contribution in [-0.4, -0.2) is 29.5 Å². The molecule has 8 rings (SSSR count). The molecule has 0 saturated carbocycles. The molecule has 0 aliphatic carbocycles. The lowest BCUT2D eigenvalue weighted by Gasteiger charge is -2.24. The number of aromatic nitrogens is 6. The van der Waals surface area contributed by atoms with Crippen LogP contribution in [0.1, 0.15) is 77.3 Å². The van der Waals surface area contributed by atoms with Gasteiger partial charge in [-0.1, -0.05) is 103 Å². The Morgan fingerprint density at radius 2 is 1.37 bits per heavy atom. The second-order valence-electron chi connectivity index (χ2n) is 14.8. The number of pyridine rings is 1. The van der Waals surface area contributed by atoms with E-state index in [0.29, 0.717) is 22.8 Å². The van der Waals surface area contributed by atoms with Crippen LogP contribution < -0.4 is 0 Å². The minimum absolute atomic E-state index is 0.165. The molecule has 51 heavy (non-hydrogen) atoms. The molecule has 7 nitrogen and oxygen atoms in total. The van der Waals surface area contributed by atoms with Crippen molar-refractivity contribution >= 4 is 33.1 Å². The predicted octanol–water partition coefficient (Wildman–Crippen LogP) is 11.2. The van der Waals surface area contributed by atoms with Crippen LogP contribution >= 0.6 is 0 Å². The summed E-state index contributed by atoms with van der Waals surface area (Å²) in [6.07, 6.45) is -0.837. The molecule has 0 atom stereocenters. The maximum absolute atomic E-state index is 14.6. The van der Waals surface area contributed by atoms with E-state index in [-0.39, 0.29) is 17.7 Å². The summed E-state index contributed by atoms with van der Waals surface area (Å²) in [4.78, 5) is 22.6. The van der Waals surface area contributed by atoms with E-state index in [0.717, 1.165) is 38.9 Å². The zero-order valence-electron chi connectivity index (χ0n) is 29.9. The van der Waals surface area contributed by atoms with E-state index in [9.17, 15) is 4.39 Å². The average Bonchev–Trinajstić information content (AvgIpc) is 3.69. The smallest absolute Gasteiger partial charge is 0.312 e. The third-order valence-electron chi connectivity index (χ3n) is 9.42. The molecule has 0 unspecified atom stereocenters. The summed E-state index contributed by atoms with van der Waals surface area (Å²) in [7, 11) is 0. The molecule has 8 aromatic rings. The Morgan fingerprint density at radius 1 is 0.667 bits per heavy atom. The van der Waals surface area contributed by atoms with Gasteiger partial charge in [-0.15, -0.1) is 0 Å². The minimum atomic E-state index is -0.837. The molecule has 4 aromatic heterocycles. The van der Waals surface area contributed by atoms with Crippen LogP contribution in [-0.2, 0) is 5.41 Å². The molecule has 0 aliphatic heterocycles. The molecule has 4 heterocycles. The van der Waals surface area contributed by atoms with Crippen molar-refractivity contribution < 1.29 is 8.81 Å². The van der Waals surface area contributed by atoms with E-state index in [2.05, 4.69) is 114 Å². The highest BCUT2D eigenvalue weighted by molar-refractivity contribution is 6.09. The van der Waals surface area contributed by atoms with Gasteiger partial charge < -0.3 is 4.42 Å². The van der Waals surface area contributed by atoms with Crippen LogP contribution in [0.3, 0.4) is 0 Å². The lowest BCUT2D eigenvalue weighted by atomic mass is 9.88. The molecule has 0 radical (unpaired) electrons. The predicted molar refractivity (Wildman–Crippen MR) is 203 cm³/mol. The standard InChI is InChI=1S/C43H39FN6O/c1-24(2)31-22-27(26-14-9-8-10-15-26)23-32(25(3)4)36(31)50-35-19-12-11-18-33(35)45-39(50)30-17-13-16-28-29-20-21-34(46-40(29)51-37(28)30)38-47-41(43(5,6)7)49-42(44)48-38/h8-25H,1-7H3. The molecule has 4 aromatic carbocycles. The molecular formula is C43H39FN6O. The number of hydrogen-bond acceptors (Lipinski definition) is 6. The van der Waals surface area contributed by atoms with Gasteiger partial charge >= 0.3 is 6.08 Å². The second kappa shape index (κ2) is 12.2. The molecule has 0 fully saturated rings. The molecule has 8 heteroatoms. The van der Waals surface area contributed by atoms with Crippen molar-refractivity contribution in [1.82, 2.24) is 29.5 Å². The van der Waals surface area contributed by atoms with E-state index in [1.807, 2.05) is 45.0 Å². The van der Waals surface area contributed by atoms with Gasteiger partial charge in [-0.3, -0.25) is 4.57 Å². The molecule has 0 spiro atoms. The van der Waals surface area contributed by atoms with E-state index in [1.165, 1.54) is 22.3 Å². The van der Waals surface area contributed by atoms with Crippen molar-refractivity contribution in [2.75, 3.05) is 0 Å². The summed E-state index contributed by atoms with van der Waals surface area (Å²) in [5.74, 6) is 1.78. The van der Waals surface area contributed by atoms with Gasteiger partial charge in [-0.2, -0.15) is 14.4 Å². The Hall–Kier alpha value is -5.76. The first kappa shape index (κ1) is 32.4. The summed E-state index contributed by atoms with van der Waals surface area (Å²) in [6.45, 7) is 14.8. The highest BCUT2D eigenvalue weighted by Gasteiger charge is 2.26. The zero-order chi connectivity index (χ0) is 35.6. The zero-order valence-corrected chi connectivity index (χ0v) is 29.9. The van der Waals surface area contributed by atoms with Crippen molar-refractivity contribution in [3.05, 3.63) is 120 Å². The van der Waals surface area contributed by atoms with Gasteiger partial charge in [-0.05, 0) is 76.6 Å². The fourth-order valence-electron chi connectivity index (χ4n) is 6.83. The fourth-order valence-corrected chi connectivity index (χ4v) is 6.83. The third-order valence-corrected chi connectivity index (χ3v) is 9.42. The van der Waals surface area contributed by atoms with Crippen LogP contribution in [0.5, 0.6) is 0 Å². The van der Waals surface area contributed by atoms with Crippen LogP contribution in [0.2, 0.25) is 0 Å². The summed E-state index contributed by atoms with van der Waals surface area (Å²) in [5, 5.41) is 1.74. The van der Waals surface area contributed by atoms with E-state index in [4.69, 9.17) is 14.4 Å². The number of rotatable bonds is 6. The Kier molecular flexibility index (Phi) is 7.78. The lowest BCUT2D eigenvalue weighted by molar-refractivity contribution is 0.478. The summed E-state index contributed by atoms with van der Waals surface area (Å²) in [6, 6.07) is 33.4. The maximum Gasteiger partial charge on any atom is 0.312 e. The van der Waals surface area contributed by atoms with E-state index in [1.54, 1.807) is 6.07 Å². The van der Waals surface area contributed by atoms with Crippen LogP contribution in [0.4, 0.5) is 4.39 Å². The van der Waals surface area contributed by atoms with Gasteiger partial charge in [0.05, 0.1) is 22.3 Å². The number of fused-ring (bicyclic) bond motifs is 4. The Morgan fingerprint density at radius 3 is 2.08 bits per heavy atom. The van der Waals surface area contributed by atoms with Crippen molar-refractivity contribution in [3.63, 3.8) is 0 Å². The van der Waals surface area contributed by atoms with Crippen molar-refractivity contribution in [2.24, 2.45) is 0 Å². The van der Waals surface area contributed by atoms with Gasteiger partial charge in [0.25, 0.3) is 0 Å². The third kappa shape index (κ3) is 5.65. The quantitative estimate of drug-likeness (QED) is 0.175. The topological polar surface area (TPSA) is 82.5 Å². The number of furan rings is 1. The first-order valence-electron chi connectivity index (χ1n) is 17.4. The molecule has 0 N–H and O–H groups in total. The SMILES string of the molecule is CC(C)c1cc(-c2ccccc2)cc(C(C)C)c1-n1c(-c2cccc3c2oc2nc(-c4nc(F)nc(C(C)(C)C)n4)ccc23)nc2ccccc21. The van der Waals surface area contributed by atoms with Crippen LogP contribution in [0, 0.1) is 6.08 Å². The number of imidazole rings is 1. The molecule has 0 bridgehead atoms. The van der Waals surface area contributed by atoms with Gasteiger partial charge in [0.1, 0.15) is 22.9 Å². The maximum atomic E-state index is 14.6. The van der Waals surface area contributed by atoms with Crippen LogP contribution in [0.15, 0.2) is 101 Å². The van der Waals surface area contributed by atoms with Gasteiger partial charge in [0, 0.05) is 16.2 Å². The second-order valence-corrected chi connectivity index (χ2v) is 14.8. The van der Waals surface area contributed by atoms with Gasteiger partial charge in [0.2, 0.25) is 5.71 Å². The summed E-state index contributed by atoms with van der Waals surface area (Å²) in [5.41, 5.74) is 9.80. The number of halogens is 1. The molecular weight excluding hydrogens is 636 g/mol. The normalized spacial score (nSPS) is 12.3. The summed E-state index contributed by atoms with van der Waals surface area (Å²) < 4.78 is 23.5. The molecule has 0 saturated heterocycles. The molecule has 0 aliphatic rings. The number of nitrogens with zero attached hydrogens (tertiary/aromatic N) is 6. The highest BCUT2D eigenvalue weighted by Crippen LogP contribution is 2.42. The first-order valence-corrected chi connectivity index (χ1v) is 17.4. The average molecular weight is 675 g/mol. The van der Waals surface area contributed by atoms with Crippen molar-refractivity contribution in [1.29, 1.82) is 0 Å². The molecule has 254 valence electrons. The van der Waals surface area contributed by atoms with Crippen molar-refractivity contribution in [2.45, 2.75) is 65.7 Å². The van der Waals surface area contributed by atoms with Crippen molar-refractivity contribution in [3.8, 4) is 39.7 Å². The number of hydrogen-bond donors (Lipinski definition) is 0. The number of para-hydroxylation sites is 3. The van der Waals surface area contributed by atoms with E-state index >= 15 is 0 Å². The fraction of sp³-hybridized carbons (Fsp3) is 0.233. The van der Waals surface area contributed by atoms with E-state index < -0.39 is 11.5 Å². The summed E-state index contributed by atoms with van der Waals surface area (Å²) >= 11 is 0. The lowest BCUT2D eigenvalue weighted by Crippen LogP contribution is -2.18. The van der Waals surface area contributed by atoms with Crippen LogP contribution in [0.25, 0.3) is 72.8 Å². The Bertz CT molecular complexity index is 2570. The first-order chi connectivity index (χ1) is 24.5. The Labute approximate surface area is 296 Å². The monoisotopic (exact) mass is 674 g/mol. The largest absolute Gasteiger partial charge is 0.437 e. The molecule has 0 amide bonds.